The van der Waals surface area contributed by atoms with Crippen LogP contribution in [0.25, 0.3) is 10.9 Å². The molecular weight excluding hydrogens is 361 g/mol. The van der Waals surface area contributed by atoms with E-state index in [-0.39, 0.29) is 12.1 Å². The van der Waals surface area contributed by atoms with Crippen LogP contribution in [0.3, 0.4) is 0 Å². The Labute approximate surface area is 155 Å². The van der Waals surface area contributed by atoms with Crippen LogP contribution in [0, 0.1) is 0 Å². The molecule has 0 aliphatic heterocycles. The molecule has 0 fully saturated rings. The van der Waals surface area contributed by atoms with Crippen LogP contribution in [0.5, 0.6) is 0 Å². The van der Waals surface area contributed by atoms with E-state index in [9.17, 15) is 9.59 Å². The Morgan fingerprint density at radius 1 is 1.08 bits per heavy atom. The third kappa shape index (κ3) is 4.24. The summed E-state index contributed by atoms with van der Waals surface area (Å²) in [7, 11) is 0. The summed E-state index contributed by atoms with van der Waals surface area (Å²) in [5.41, 5.74) is 6.58. The van der Waals surface area contributed by atoms with Crippen molar-refractivity contribution >= 4 is 39.8 Å². The van der Waals surface area contributed by atoms with Gasteiger partial charge in [0.1, 0.15) is 0 Å². The van der Waals surface area contributed by atoms with Crippen molar-refractivity contribution in [3.05, 3.63) is 72.8 Å². The molecule has 0 saturated carbocycles. The maximum atomic E-state index is 12.5. The zero-order chi connectivity index (χ0) is 18.6. The summed E-state index contributed by atoms with van der Waals surface area (Å²) in [6.07, 6.45) is 0.444. The number of nitrogens with zero attached hydrogens (tertiary/aromatic N) is 1. The van der Waals surface area contributed by atoms with E-state index < -0.39 is 5.69 Å². The van der Waals surface area contributed by atoms with E-state index in [1.807, 2.05) is 13.8 Å². The normalized spacial score (nSPS) is 10.4. The monoisotopic (exact) mass is 379 g/mol. The molecule has 3 aromatic rings. The lowest BCUT2D eigenvalue weighted by Gasteiger charge is -2.08. The van der Waals surface area contributed by atoms with Gasteiger partial charge in [0.25, 0.3) is 5.56 Å². The lowest BCUT2D eigenvalue weighted by Crippen LogP contribution is -2.35. The number of aryl methyl sites for hydroxylation is 1. The minimum absolute atomic E-state index is 0.218. The van der Waals surface area contributed by atoms with E-state index in [0.717, 1.165) is 10.1 Å². The molecule has 132 valence electrons. The number of nitrogen functional groups attached to an aromatic ring is 1. The first-order chi connectivity index (χ1) is 12.0. The molecule has 5 nitrogen and oxygen atoms in total. The van der Waals surface area contributed by atoms with Crippen LogP contribution in [0.15, 0.2) is 46.0 Å². The second kappa shape index (κ2) is 8.23. The van der Waals surface area contributed by atoms with Crippen molar-refractivity contribution in [2.24, 2.45) is 0 Å². The van der Waals surface area contributed by atoms with Crippen LogP contribution in [0.2, 0.25) is 10.0 Å². The van der Waals surface area contributed by atoms with Gasteiger partial charge in [0.15, 0.2) is 0 Å². The number of H-pyrrole nitrogens is 1. The molecule has 2 aromatic carbocycles. The summed E-state index contributed by atoms with van der Waals surface area (Å²) in [5.74, 6) is 0. The minimum Gasteiger partial charge on any atom is -0.399 e. The van der Waals surface area contributed by atoms with E-state index in [0.29, 0.717) is 33.1 Å². The molecule has 0 saturated heterocycles. The minimum atomic E-state index is -0.474. The molecule has 0 amide bonds. The van der Waals surface area contributed by atoms with Crippen molar-refractivity contribution in [3.63, 3.8) is 0 Å². The number of aromatic amines is 1. The molecule has 0 spiro atoms. The van der Waals surface area contributed by atoms with Crippen LogP contribution in [0.4, 0.5) is 5.69 Å². The third-order valence-corrected chi connectivity index (χ3v) is 4.21. The van der Waals surface area contributed by atoms with Crippen LogP contribution < -0.4 is 17.0 Å². The predicted octanol–water partition coefficient (Wildman–Crippen LogP) is 3.85. The van der Waals surface area contributed by atoms with Crippen molar-refractivity contribution in [2.45, 2.75) is 26.8 Å². The molecule has 0 aliphatic rings. The molecule has 3 rings (SSSR count). The fourth-order valence-corrected chi connectivity index (χ4v) is 2.93. The summed E-state index contributed by atoms with van der Waals surface area (Å²) in [5, 5.41) is 1.47. The first-order valence-corrected chi connectivity index (χ1v) is 8.67. The van der Waals surface area contributed by atoms with Gasteiger partial charge in [-0.2, -0.15) is 0 Å². The molecule has 0 radical (unpaired) electrons. The highest BCUT2D eigenvalue weighted by molar-refractivity contribution is 6.35. The first-order valence-electron chi connectivity index (χ1n) is 7.92. The van der Waals surface area contributed by atoms with Gasteiger partial charge < -0.3 is 10.7 Å². The van der Waals surface area contributed by atoms with Crippen molar-refractivity contribution < 1.29 is 0 Å². The molecule has 1 heterocycles. The van der Waals surface area contributed by atoms with Gasteiger partial charge in [-0.05, 0) is 42.3 Å². The van der Waals surface area contributed by atoms with E-state index in [1.165, 1.54) is 0 Å². The Bertz CT molecular complexity index is 1010. The Morgan fingerprint density at radius 3 is 2.48 bits per heavy atom. The molecule has 0 unspecified atom stereocenters. The summed E-state index contributed by atoms with van der Waals surface area (Å²) >= 11 is 12.0. The molecule has 0 bridgehead atoms. The van der Waals surface area contributed by atoms with Crippen molar-refractivity contribution in [3.8, 4) is 0 Å². The lowest BCUT2D eigenvalue weighted by atomic mass is 10.1. The molecular formula is C18H19Cl2N3O2. The number of aromatic nitrogens is 2. The standard InChI is InChI=1S/C16H13Cl2N3O2.C2H6/c17-10-2-1-9(13(18)7-10)5-6-21-15(22)12-4-3-11(19)8-14(12)20-16(21)23;1-2/h1-4,7-8H,5-6,19H2,(H,20,23);1-2H3. The highest BCUT2D eigenvalue weighted by atomic mass is 35.5. The quantitative estimate of drug-likeness (QED) is 0.678. The van der Waals surface area contributed by atoms with E-state index in [1.54, 1.807) is 36.4 Å². The second-order valence-corrected chi connectivity index (χ2v) is 6.02. The molecule has 25 heavy (non-hydrogen) atoms. The van der Waals surface area contributed by atoms with Crippen molar-refractivity contribution in [1.29, 1.82) is 0 Å². The maximum absolute atomic E-state index is 12.5. The Balaban J connectivity index is 0.00000109. The first kappa shape index (κ1) is 19.1. The number of hydrogen-bond donors (Lipinski definition) is 2. The number of benzene rings is 2. The molecule has 7 heteroatoms. The maximum Gasteiger partial charge on any atom is 0.328 e. The van der Waals surface area contributed by atoms with Crippen LogP contribution in [-0.4, -0.2) is 9.55 Å². The van der Waals surface area contributed by atoms with Crippen LogP contribution in [-0.2, 0) is 13.0 Å². The number of rotatable bonds is 3. The van der Waals surface area contributed by atoms with Gasteiger partial charge in [0, 0.05) is 22.3 Å². The molecule has 1 aromatic heterocycles. The molecule has 3 N–H and O–H groups in total. The summed E-state index contributed by atoms with van der Waals surface area (Å²) in [4.78, 5) is 27.3. The summed E-state index contributed by atoms with van der Waals surface area (Å²) in [6.45, 7) is 4.22. The SMILES string of the molecule is CC.Nc1ccc2c(=O)n(CCc3ccc(Cl)cc3Cl)c(=O)[nH]c2c1. The van der Waals surface area contributed by atoms with Gasteiger partial charge in [-0.25, -0.2) is 4.79 Å². The number of nitrogens with one attached hydrogen (secondary N) is 1. The van der Waals surface area contributed by atoms with E-state index in [4.69, 9.17) is 28.9 Å². The summed E-state index contributed by atoms with van der Waals surface area (Å²) in [6, 6.07) is 9.94. The van der Waals surface area contributed by atoms with Gasteiger partial charge >= 0.3 is 5.69 Å². The number of hydrogen-bond acceptors (Lipinski definition) is 3. The topological polar surface area (TPSA) is 80.9 Å². The summed E-state index contributed by atoms with van der Waals surface area (Å²) < 4.78 is 1.16. The molecule has 0 atom stereocenters. The third-order valence-electron chi connectivity index (χ3n) is 3.63. The fraction of sp³-hybridized carbons (Fsp3) is 0.222. The number of anilines is 1. The highest BCUT2D eigenvalue weighted by Gasteiger charge is 2.09. The average molecular weight is 380 g/mol. The largest absolute Gasteiger partial charge is 0.399 e. The lowest BCUT2D eigenvalue weighted by molar-refractivity contribution is 0.636. The molecule has 0 aliphatic carbocycles. The van der Waals surface area contributed by atoms with E-state index in [2.05, 4.69) is 4.98 Å². The van der Waals surface area contributed by atoms with E-state index >= 15 is 0 Å². The van der Waals surface area contributed by atoms with Gasteiger partial charge in [-0.15, -0.1) is 0 Å². The highest BCUT2D eigenvalue weighted by Crippen LogP contribution is 2.21. The van der Waals surface area contributed by atoms with Gasteiger partial charge in [-0.3, -0.25) is 9.36 Å². The predicted molar refractivity (Wildman–Crippen MR) is 105 cm³/mol. The Kier molecular flexibility index (Phi) is 6.28. The Morgan fingerprint density at radius 2 is 1.80 bits per heavy atom. The number of fused-ring (bicyclic) bond motifs is 1. The fourth-order valence-electron chi connectivity index (χ4n) is 2.43. The van der Waals surface area contributed by atoms with Crippen LogP contribution >= 0.6 is 23.2 Å². The van der Waals surface area contributed by atoms with Crippen LogP contribution in [0.1, 0.15) is 19.4 Å². The van der Waals surface area contributed by atoms with Crippen molar-refractivity contribution in [2.75, 3.05) is 5.73 Å². The zero-order valence-electron chi connectivity index (χ0n) is 14.0. The van der Waals surface area contributed by atoms with Crippen molar-refractivity contribution in [1.82, 2.24) is 9.55 Å². The van der Waals surface area contributed by atoms with Gasteiger partial charge in [0.05, 0.1) is 10.9 Å². The second-order valence-electron chi connectivity index (χ2n) is 5.18. The van der Waals surface area contributed by atoms with Gasteiger partial charge in [0.2, 0.25) is 0 Å². The Hall–Kier alpha value is -2.24. The van der Waals surface area contributed by atoms with Gasteiger partial charge in [-0.1, -0.05) is 43.1 Å². The zero-order valence-corrected chi connectivity index (χ0v) is 15.5. The number of nitrogens with two attached hydrogens (primary N) is 1. The average Bonchev–Trinajstić information content (AvgIpc) is 2.57. The smallest absolute Gasteiger partial charge is 0.328 e. The number of halogens is 2.